The van der Waals surface area contributed by atoms with Gasteiger partial charge in [-0.2, -0.15) is 0 Å². The fourth-order valence-corrected chi connectivity index (χ4v) is 4.11. The van der Waals surface area contributed by atoms with Crippen LogP contribution in [0.4, 0.5) is 0 Å². The lowest BCUT2D eigenvalue weighted by Crippen LogP contribution is -2.39. The van der Waals surface area contributed by atoms with Crippen LogP contribution in [0.25, 0.3) is 0 Å². The summed E-state index contributed by atoms with van der Waals surface area (Å²) >= 11 is 0. The normalized spacial score (nSPS) is 23.7. The third kappa shape index (κ3) is 4.28. The number of hydrogen-bond donors (Lipinski definition) is 3. The summed E-state index contributed by atoms with van der Waals surface area (Å²) in [5.41, 5.74) is 7.23. The minimum atomic E-state index is -3.37. The van der Waals surface area contributed by atoms with E-state index in [1.54, 1.807) is 6.07 Å². The Hall–Kier alpha value is -0.950. The molecule has 6 heteroatoms. The van der Waals surface area contributed by atoms with Gasteiger partial charge in [-0.25, -0.2) is 13.1 Å². The summed E-state index contributed by atoms with van der Waals surface area (Å²) in [7, 11) is -3.37. The van der Waals surface area contributed by atoms with Crippen LogP contribution in [0.1, 0.15) is 36.8 Å². The monoisotopic (exact) mass is 298 g/mol. The predicted octanol–water partition coefficient (Wildman–Crippen LogP) is 0.868. The second-order valence-electron chi connectivity index (χ2n) is 5.36. The van der Waals surface area contributed by atoms with Gasteiger partial charge in [-0.3, -0.25) is 0 Å². The van der Waals surface area contributed by atoms with E-state index in [4.69, 9.17) is 5.73 Å². The molecule has 1 aliphatic rings. The van der Waals surface area contributed by atoms with E-state index in [2.05, 4.69) is 4.72 Å². The van der Waals surface area contributed by atoms with Crippen LogP contribution >= 0.6 is 0 Å². The van der Waals surface area contributed by atoms with Gasteiger partial charge in [0.2, 0.25) is 10.0 Å². The Balaban J connectivity index is 2.00. The molecule has 0 heterocycles. The fourth-order valence-electron chi connectivity index (χ4n) is 2.59. The van der Waals surface area contributed by atoms with Crippen LogP contribution in [0, 0.1) is 0 Å². The van der Waals surface area contributed by atoms with Crippen LogP contribution in [-0.2, 0) is 22.3 Å². The summed E-state index contributed by atoms with van der Waals surface area (Å²) in [5, 5.41) is 9.44. The highest BCUT2D eigenvalue weighted by Crippen LogP contribution is 2.20. The van der Waals surface area contributed by atoms with Crippen molar-refractivity contribution in [2.45, 2.75) is 50.1 Å². The summed E-state index contributed by atoms with van der Waals surface area (Å²) in [6.45, 7) is 0.335. The average molecular weight is 298 g/mol. The van der Waals surface area contributed by atoms with Gasteiger partial charge in [0.05, 0.1) is 11.9 Å². The average Bonchev–Trinajstić information content (AvgIpc) is 2.41. The maximum absolute atomic E-state index is 12.2. The molecule has 0 spiro atoms. The molecule has 1 aliphatic carbocycles. The maximum Gasteiger partial charge on any atom is 0.216 e. The molecule has 1 saturated carbocycles. The Bertz CT molecular complexity index is 537. The molecule has 4 N–H and O–H groups in total. The molecule has 0 bridgehead atoms. The van der Waals surface area contributed by atoms with Gasteiger partial charge in [-0.15, -0.1) is 0 Å². The van der Waals surface area contributed by atoms with Crippen molar-refractivity contribution < 1.29 is 13.5 Å². The van der Waals surface area contributed by atoms with E-state index >= 15 is 0 Å². The van der Waals surface area contributed by atoms with E-state index in [0.717, 1.165) is 11.1 Å². The van der Waals surface area contributed by atoms with E-state index < -0.39 is 10.0 Å². The first kappa shape index (κ1) is 15.4. The smallest absolute Gasteiger partial charge is 0.216 e. The van der Waals surface area contributed by atoms with Crippen molar-refractivity contribution in [3.8, 4) is 0 Å². The first-order chi connectivity index (χ1) is 9.50. The second-order valence-corrected chi connectivity index (χ2v) is 7.11. The molecule has 2 rings (SSSR count). The number of sulfonamides is 1. The Morgan fingerprint density at radius 2 is 1.75 bits per heavy atom. The highest BCUT2D eigenvalue weighted by molar-refractivity contribution is 7.88. The third-order valence-electron chi connectivity index (χ3n) is 3.73. The van der Waals surface area contributed by atoms with Crippen LogP contribution in [0.3, 0.4) is 0 Å². The SMILES string of the molecule is NCc1ccccc1CS(=O)(=O)NC1CCC(O)CC1. The number of rotatable bonds is 5. The first-order valence-corrected chi connectivity index (χ1v) is 8.60. The molecule has 0 radical (unpaired) electrons. The molecule has 1 aromatic carbocycles. The molecule has 0 aliphatic heterocycles. The van der Waals surface area contributed by atoms with Gasteiger partial charge < -0.3 is 10.8 Å². The van der Waals surface area contributed by atoms with Crippen LogP contribution in [-0.4, -0.2) is 25.7 Å². The number of nitrogens with one attached hydrogen (secondary N) is 1. The fraction of sp³-hybridized carbons (Fsp3) is 0.571. The molecule has 20 heavy (non-hydrogen) atoms. The molecule has 1 aromatic rings. The van der Waals surface area contributed by atoms with Crippen LogP contribution < -0.4 is 10.5 Å². The molecular weight excluding hydrogens is 276 g/mol. The molecule has 0 atom stereocenters. The van der Waals surface area contributed by atoms with E-state index in [1.807, 2.05) is 18.2 Å². The van der Waals surface area contributed by atoms with E-state index in [0.29, 0.717) is 32.2 Å². The molecule has 0 unspecified atom stereocenters. The van der Waals surface area contributed by atoms with Crippen molar-refractivity contribution in [1.82, 2.24) is 4.72 Å². The van der Waals surface area contributed by atoms with Crippen molar-refractivity contribution in [2.24, 2.45) is 5.73 Å². The molecule has 1 fully saturated rings. The molecule has 0 saturated heterocycles. The van der Waals surface area contributed by atoms with Gasteiger partial charge in [0.15, 0.2) is 0 Å². The molecule has 0 amide bonds. The summed E-state index contributed by atoms with van der Waals surface area (Å²) in [5.74, 6) is -0.0422. The number of benzene rings is 1. The van der Waals surface area contributed by atoms with Crippen molar-refractivity contribution in [1.29, 1.82) is 0 Å². The minimum Gasteiger partial charge on any atom is -0.393 e. The largest absolute Gasteiger partial charge is 0.393 e. The minimum absolute atomic E-state index is 0.0422. The van der Waals surface area contributed by atoms with Gasteiger partial charge in [0.1, 0.15) is 0 Å². The van der Waals surface area contributed by atoms with Gasteiger partial charge in [-0.05, 0) is 36.8 Å². The molecule has 0 aromatic heterocycles. The number of nitrogens with two attached hydrogens (primary N) is 1. The van der Waals surface area contributed by atoms with Gasteiger partial charge >= 0.3 is 0 Å². The summed E-state index contributed by atoms with van der Waals surface area (Å²) in [4.78, 5) is 0. The maximum atomic E-state index is 12.2. The second kappa shape index (κ2) is 6.67. The number of aliphatic hydroxyl groups excluding tert-OH is 1. The van der Waals surface area contributed by atoms with Crippen molar-refractivity contribution in [3.05, 3.63) is 35.4 Å². The first-order valence-electron chi connectivity index (χ1n) is 6.95. The zero-order valence-electron chi connectivity index (χ0n) is 11.5. The molecule has 5 nitrogen and oxygen atoms in total. The zero-order chi connectivity index (χ0) is 14.6. The summed E-state index contributed by atoms with van der Waals surface area (Å²) < 4.78 is 27.1. The lowest BCUT2D eigenvalue weighted by atomic mass is 9.94. The van der Waals surface area contributed by atoms with Gasteiger partial charge in [0.25, 0.3) is 0 Å². The topological polar surface area (TPSA) is 92.4 Å². The van der Waals surface area contributed by atoms with Gasteiger partial charge in [0, 0.05) is 12.6 Å². The van der Waals surface area contributed by atoms with E-state index in [-0.39, 0.29) is 17.9 Å². The van der Waals surface area contributed by atoms with Crippen molar-refractivity contribution in [3.63, 3.8) is 0 Å². The van der Waals surface area contributed by atoms with Crippen LogP contribution in [0.5, 0.6) is 0 Å². The van der Waals surface area contributed by atoms with Crippen LogP contribution in [0.15, 0.2) is 24.3 Å². The summed E-state index contributed by atoms with van der Waals surface area (Å²) in [6.07, 6.45) is 2.42. The highest BCUT2D eigenvalue weighted by atomic mass is 32.2. The molecule has 112 valence electrons. The zero-order valence-corrected chi connectivity index (χ0v) is 12.3. The molecular formula is C14H22N2O3S. The third-order valence-corrected chi connectivity index (χ3v) is 5.11. The Labute approximate surface area is 120 Å². The van der Waals surface area contributed by atoms with Gasteiger partial charge in [-0.1, -0.05) is 24.3 Å². The standard InChI is InChI=1S/C14H22N2O3S/c15-9-11-3-1-2-4-12(11)10-20(18,19)16-13-5-7-14(17)8-6-13/h1-4,13-14,16-17H,5-10,15H2. The highest BCUT2D eigenvalue weighted by Gasteiger charge is 2.24. The lowest BCUT2D eigenvalue weighted by Gasteiger charge is -2.26. The number of hydrogen-bond acceptors (Lipinski definition) is 4. The lowest BCUT2D eigenvalue weighted by molar-refractivity contribution is 0.120. The quantitative estimate of drug-likeness (QED) is 0.752. The summed E-state index contributed by atoms with van der Waals surface area (Å²) in [6, 6.07) is 7.26. The van der Waals surface area contributed by atoms with E-state index in [1.165, 1.54) is 0 Å². The van der Waals surface area contributed by atoms with Crippen molar-refractivity contribution >= 4 is 10.0 Å². The Kier molecular flexibility index (Phi) is 5.15. The Morgan fingerprint density at radius 1 is 1.15 bits per heavy atom. The van der Waals surface area contributed by atoms with E-state index in [9.17, 15) is 13.5 Å². The number of aliphatic hydroxyl groups is 1. The van der Waals surface area contributed by atoms with Crippen molar-refractivity contribution in [2.75, 3.05) is 0 Å². The van der Waals surface area contributed by atoms with Crippen LogP contribution in [0.2, 0.25) is 0 Å². The Morgan fingerprint density at radius 3 is 2.35 bits per heavy atom. The predicted molar refractivity (Wildman–Crippen MR) is 78.4 cm³/mol.